The van der Waals surface area contributed by atoms with E-state index in [9.17, 15) is 0 Å². The average Bonchev–Trinajstić information content (AvgIpc) is 2.65. The van der Waals surface area contributed by atoms with E-state index in [0.717, 1.165) is 13.0 Å². The van der Waals surface area contributed by atoms with Gasteiger partial charge in [0.1, 0.15) is 0 Å². The van der Waals surface area contributed by atoms with E-state index in [-0.39, 0.29) is 5.54 Å². The highest BCUT2D eigenvalue weighted by molar-refractivity contribution is 5.19. The van der Waals surface area contributed by atoms with Crippen molar-refractivity contribution >= 4 is 0 Å². The molecule has 0 aromatic heterocycles. The first-order valence-corrected chi connectivity index (χ1v) is 6.97. The molecule has 1 aliphatic rings. The minimum Gasteiger partial charge on any atom is -0.396 e. The lowest BCUT2D eigenvalue weighted by atomic mass is 9.94. The molecule has 2 nitrogen and oxygen atoms in total. The van der Waals surface area contributed by atoms with Crippen LogP contribution in [0.5, 0.6) is 0 Å². The van der Waals surface area contributed by atoms with Gasteiger partial charge in [-0.3, -0.25) is 4.90 Å². The van der Waals surface area contributed by atoms with Gasteiger partial charge < -0.3 is 5.11 Å². The SMILES string of the molecule is CC(c1ccccc1)N1CC(CCO)CC1(C)C. The van der Waals surface area contributed by atoms with Crippen LogP contribution in [0, 0.1) is 5.92 Å². The summed E-state index contributed by atoms with van der Waals surface area (Å²) in [5, 5.41) is 9.12. The molecule has 2 heteroatoms. The van der Waals surface area contributed by atoms with Crippen molar-refractivity contribution in [2.24, 2.45) is 5.92 Å². The van der Waals surface area contributed by atoms with Crippen LogP contribution in [0.1, 0.15) is 45.2 Å². The summed E-state index contributed by atoms with van der Waals surface area (Å²) in [5.41, 5.74) is 1.62. The second-order valence-corrected chi connectivity index (χ2v) is 6.13. The summed E-state index contributed by atoms with van der Waals surface area (Å²) in [4.78, 5) is 2.59. The minimum atomic E-state index is 0.231. The predicted molar refractivity (Wildman–Crippen MR) is 75.5 cm³/mol. The van der Waals surface area contributed by atoms with Crippen molar-refractivity contribution in [2.45, 2.75) is 45.2 Å². The third-order valence-electron chi connectivity index (χ3n) is 4.31. The standard InChI is InChI=1S/C16H25NO/c1-13(15-7-5-4-6-8-15)17-12-14(9-10-18)11-16(17,2)3/h4-8,13-14,18H,9-12H2,1-3H3. The fraction of sp³-hybridized carbons (Fsp3) is 0.625. The molecular weight excluding hydrogens is 222 g/mol. The first-order chi connectivity index (χ1) is 8.54. The van der Waals surface area contributed by atoms with Gasteiger partial charge in [0.05, 0.1) is 0 Å². The molecule has 0 radical (unpaired) electrons. The number of likely N-dealkylation sites (tertiary alicyclic amines) is 1. The molecule has 1 aromatic rings. The molecule has 2 unspecified atom stereocenters. The van der Waals surface area contributed by atoms with E-state index in [1.807, 2.05) is 0 Å². The third kappa shape index (κ3) is 2.76. The number of benzene rings is 1. The number of nitrogens with zero attached hydrogens (tertiary/aromatic N) is 1. The Morgan fingerprint density at radius 2 is 2.00 bits per heavy atom. The predicted octanol–water partition coefficient (Wildman–Crippen LogP) is 3.23. The van der Waals surface area contributed by atoms with Gasteiger partial charge in [0, 0.05) is 24.7 Å². The monoisotopic (exact) mass is 247 g/mol. The molecule has 0 saturated carbocycles. The van der Waals surface area contributed by atoms with Crippen molar-refractivity contribution in [1.29, 1.82) is 0 Å². The van der Waals surface area contributed by atoms with E-state index in [2.05, 4.69) is 56.0 Å². The van der Waals surface area contributed by atoms with Gasteiger partial charge in [-0.15, -0.1) is 0 Å². The molecule has 0 amide bonds. The van der Waals surface area contributed by atoms with Gasteiger partial charge >= 0.3 is 0 Å². The van der Waals surface area contributed by atoms with Crippen molar-refractivity contribution in [2.75, 3.05) is 13.2 Å². The molecule has 1 aliphatic heterocycles. The topological polar surface area (TPSA) is 23.5 Å². The van der Waals surface area contributed by atoms with Crippen LogP contribution in [0.4, 0.5) is 0 Å². The highest BCUT2D eigenvalue weighted by Crippen LogP contribution is 2.40. The van der Waals surface area contributed by atoms with Crippen molar-refractivity contribution in [3.63, 3.8) is 0 Å². The second kappa shape index (κ2) is 5.41. The van der Waals surface area contributed by atoms with Crippen LogP contribution in [0.3, 0.4) is 0 Å². The number of hydrogen-bond donors (Lipinski definition) is 1. The third-order valence-corrected chi connectivity index (χ3v) is 4.31. The Balaban J connectivity index is 2.12. The molecule has 2 atom stereocenters. The Morgan fingerprint density at radius 1 is 1.33 bits per heavy atom. The second-order valence-electron chi connectivity index (χ2n) is 6.13. The molecular formula is C16H25NO. The first kappa shape index (κ1) is 13.6. The largest absolute Gasteiger partial charge is 0.396 e. The fourth-order valence-corrected chi connectivity index (χ4v) is 3.38. The van der Waals surface area contributed by atoms with E-state index < -0.39 is 0 Å². The van der Waals surface area contributed by atoms with Crippen LogP contribution in [0.2, 0.25) is 0 Å². The summed E-state index contributed by atoms with van der Waals surface area (Å²) < 4.78 is 0. The smallest absolute Gasteiger partial charge is 0.0434 e. The van der Waals surface area contributed by atoms with Crippen LogP contribution in [0.15, 0.2) is 30.3 Å². The first-order valence-electron chi connectivity index (χ1n) is 6.97. The highest BCUT2D eigenvalue weighted by atomic mass is 16.3. The Labute approximate surface area is 111 Å². The van der Waals surface area contributed by atoms with Gasteiger partial charge in [-0.05, 0) is 45.1 Å². The quantitative estimate of drug-likeness (QED) is 0.883. The molecule has 18 heavy (non-hydrogen) atoms. The average molecular weight is 247 g/mol. The van der Waals surface area contributed by atoms with Crippen LogP contribution < -0.4 is 0 Å². The van der Waals surface area contributed by atoms with Gasteiger partial charge in [0.2, 0.25) is 0 Å². The van der Waals surface area contributed by atoms with Gasteiger partial charge in [0.15, 0.2) is 0 Å². The maximum atomic E-state index is 9.12. The zero-order valence-corrected chi connectivity index (χ0v) is 11.8. The lowest BCUT2D eigenvalue weighted by molar-refractivity contribution is 0.124. The van der Waals surface area contributed by atoms with Crippen molar-refractivity contribution in [1.82, 2.24) is 4.90 Å². The number of hydrogen-bond acceptors (Lipinski definition) is 2. The zero-order valence-electron chi connectivity index (χ0n) is 11.8. The molecule has 2 rings (SSSR count). The fourth-order valence-electron chi connectivity index (χ4n) is 3.38. The molecule has 1 fully saturated rings. The molecule has 0 aliphatic carbocycles. The molecule has 1 saturated heterocycles. The normalized spacial score (nSPS) is 25.2. The van der Waals surface area contributed by atoms with Gasteiger partial charge in [-0.1, -0.05) is 30.3 Å². The summed E-state index contributed by atoms with van der Waals surface area (Å²) in [6.45, 7) is 8.35. The Kier molecular flexibility index (Phi) is 4.08. The number of rotatable bonds is 4. The maximum Gasteiger partial charge on any atom is 0.0434 e. The van der Waals surface area contributed by atoms with E-state index in [1.54, 1.807) is 0 Å². The summed E-state index contributed by atoms with van der Waals surface area (Å²) in [6, 6.07) is 11.2. The summed E-state index contributed by atoms with van der Waals surface area (Å²) in [5.74, 6) is 0.635. The Morgan fingerprint density at radius 3 is 2.61 bits per heavy atom. The summed E-state index contributed by atoms with van der Waals surface area (Å²) in [6.07, 6.45) is 2.12. The van der Waals surface area contributed by atoms with Crippen LogP contribution in [-0.4, -0.2) is 28.7 Å². The molecule has 0 bridgehead atoms. The van der Waals surface area contributed by atoms with Crippen molar-refractivity contribution in [3.05, 3.63) is 35.9 Å². The number of aliphatic hydroxyl groups excluding tert-OH is 1. The Bertz CT molecular complexity index is 374. The van der Waals surface area contributed by atoms with Crippen molar-refractivity contribution < 1.29 is 5.11 Å². The van der Waals surface area contributed by atoms with Gasteiger partial charge in [-0.25, -0.2) is 0 Å². The van der Waals surface area contributed by atoms with Crippen molar-refractivity contribution in [3.8, 4) is 0 Å². The molecule has 100 valence electrons. The molecule has 1 heterocycles. The minimum absolute atomic E-state index is 0.231. The molecule has 0 spiro atoms. The lowest BCUT2D eigenvalue weighted by Crippen LogP contribution is -2.39. The van der Waals surface area contributed by atoms with E-state index in [4.69, 9.17) is 5.11 Å². The lowest BCUT2D eigenvalue weighted by Gasteiger charge is -2.36. The zero-order chi connectivity index (χ0) is 13.2. The van der Waals surface area contributed by atoms with Gasteiger partial charge in [-0.2, -0.15) is 0 Å². The van der Waals surface area contributed by atoms with Crippen LogP contribution in [0.25, 0.3) is 0 Å². The summed E-state index contributed by atoms with van der Waals surface area (Å²) in [7, 11) is 0. The highest BCUT2D eigenvalue weighted by Gasteiger charge is 2.40. The maximum absolute atomic E-state index is 9.12. The van der Waals surface area contributed by atoms with Gasteiger partial charge in [0.25, 0.3) is 0 Å². The van der Waals surface area contributed by atoms with Crippen LogP contribution >= 0.6 is 0 Å². The van der Waals surface area contributed by atoms with E-state index in [1.165, 1.54) is 12.0 Å². The Hall–Kier alpha value is -0.860. The van der Waals surface area contributed by atoms with Crippen LogP contribution in [-0.2, 0) is 0 Å². The van der Waals surface area contributed by atoms with E-state index >= 15 is 0 Å². The molecule has 1 N–H and O–H groups in total. The molecule has 1 aromatic carbocycles. The van der Waals surface area contributed by atoms with E-state index in [0.29, 0.717) is 18.6 Å². The summed E-state index contributed by atoms with van der Waals surface area (Å²) >= 11 is 0. The number of aliphatic hydroxyl groups is 1.